The lowest BCUT2D eigenvalue weighted by atomic mass is 9.82. The minimum Gasteiger partial charge on any atom is -0.398 e. The summed E-state index contributed by atoms with van der Waals surface area (Å²) in [7, 11) is 0. The van der Waals surface area contributed by atoms with Crippen molar-refractivity contribution in [1.82, 2.24) is 5.43 Å². The van der Waals surface area contributed by atoms with Gasteiger partial charge in [-0.25, -0.2) is 0 Å². The van der Waals surface area contributed by atoms with Gasteiger partial charge in [-0.3, -0.25) is 5.84 Å². The van der Waals surface area contributed by atoms with Crippen LogP contribution in [0.1, 0.15) is 34.6 Å². The molecule has 0 saturated carbocycles. The Bertz CT molecular complexity index is 1970. The molecule has 0 heterocycles. The Morgan fingerprint density at radius 2 is 1.34 bits per heavy atom. The Morgan fingerprint density at radius 1 is 0.682 bits per heavy atom. The van der Waals surface area contributed by atoms with Crippen LogP contribution in [0.3, 0.4) is 0 Å². The number of hydrogen-bond donors (Lipinski definition) is 3. The van der Waals surface area contributed by atoms with E-state index in [1.54, 1.807) is 0 Å². The Labute approximate surface area is 259 Å². The van der Waals surface area contributed by atoms with Crippen LogP contribution in [-0.4, -0.2) is 0 Å². The van der Waals surface area contributed by atoms with Crippen molar-refractivity contribution >= 4 is 32.9 Å². The fourth-order valence-corrected chi connectivity index (χ4v) is 5.97. The number of hydrazine groups is 1. The van der Waals surface area contributed by atoms with E-state index < -0.39 is 0 Å². The first kappa shape index (κ1) is 28.7. The SMILES string of the molecule is Cc1ccccc1.NN/C(=C1/C=CC=CC1c1cc2ccccc2c2ccccc12)c1ccc(/C(N)=C2\C=CC=CC2)cc1. The fourth-order valence-electron chi connectivity index (χ4n) is 5.97. The summed E-state index contributed by atoms with van der Waals surface area (Å²) < 4.78 is 0. The van der Waals surface area contributed by atoms with Gasteiger partial charge >= 0.3 is 0 Å². The number of fused-ring (bicyclic) bond motifs is 3. The van der Waals surface area contributed by atoms with Gasteiger partial charge in [0.25, 0.3) is 0 Å². The molecule has 0 amide bonds. The maximum atomic E-state index is 6.49. The third-order valence-electron chi connectivity index (χ3n) is 8.25. The van der Waals surface area contributed by atoms with Crippen molar-refractivity contribution in [3.8, 4) is 0 Å². The molecule has 0 aromatic heterocycles. The average Bonchev–Trinajstić information content (AvgIpc) is 3.09. The smallest absolute Gasteiger partial charge is 0.0598 e. The van der Waals surface area contributed by atoms with Gasteiger partial charge in [-0.15, -0.1) is 0 Å². The van der Waals surface area contributed by atoms with Gasteiger partial charge in [0, 0.05) is 11.6 Å². The van der Waals surface area contributed by atoms with Crippen LogP contribution < -0.4 is 17.0 Å². The predicted octanol–water partition coefficient (Wildman–Crippen LogP) is 9.26. The minimum absolute atomic E-state index is 0.0524. The maximum Gasteiger partial charge on any atom is 0.0598 e. The molecule has 0 spiro atoms. The summed E-state index contributed by atoms with van der Waals surface area (Å²) in [5, 5.41) is 5.02. The van der Waals surface area contributed by atoms with Gasteiger partial charge < -0.3 is 11.2 Å². The van der Waals surface area contributed by atoms with Gasteiger partial charge in [0.1, 0.15) is 0 Å². The molecule has 1 atom stereocenters. The van der Waals surface area contributed by atoms with Gasteiger partial charge in [0.2, 0.25) is 0 Å². The van der Waals surface area contributed by atoms with Crippen molar-refractivity contribution in [2.45, 2.75) is 19.3 Å². The number of hydrogen-bond acceptors (Lipinski definition) is 3. The van der Waals surface area contributed by atoms with Crippen LogP contribution in [0.15, 0.2) is 169 Å². The van der Waals surface area contributed by atoms with Crippen molar-refractivity contribution in [2.75, 3.05) is 0 Å². The van der Waals surface area contributed by atoms with E-state index in [9.17, 15) is 0 Å². The molecular weight excluding hydrogens is 534 g/mol. The lowest BCUT2D eigenvalue weighted by Gasteiger charge is -2.24. The average molecular weight is 572 g/mol. The van der Waals surface area contributed by atoms with Crippen molar-refractivity contribution in [1.29, 1.82) is 0 Å². The van der Waals surface area contributed by atoms with Crippen LogP contribution in [0.5, 0.6) is 0 Å². The molecule has 0 saturated heterocycles. The first-order chi connectivity index (χ1) is 21.6. The molecular formula is C41H37N3. The molecule has 0 fully saturated rings. The Hall–Kier alpha value is -5.38. The van der Waals surface area contributed by atoms with Crippen molar-refractivity contribution in [3.05, 3.63) is 191 Å². The van der Waals surface area contributed by atoms with Crippen LogP contribution in [0.25, 0.3) is 32.9 Å². The molecule has 0 bridgehead atoms. The molecule has 7 rings (SSSR count). The lowest BCUT2D eigenvalue weighted by molar-refractivity contribution is 0.944. The number of rotatable bonds is 4. The summed E-state index contributed by atoms with van der Waals surface area (Å²) in [5.74, 6) is 6.23. The van der Waals surface area contributed by atoms with E-state index in [4.69, 9.17) is 11.6 Å². The van der Waals surface area contributed by atoms with E-state index in [1.165, 1.54) is 32.7 Å². The van der Waals surface area contributed by atoms with Gasteiger partial charge in [-0.2, -0.15) is 0 Å². The Morgan fingerprint density at radius 3 is 2.02 bits per heavy atom. The predicted molar refractivity (Wildman–Crippen MR) is 188 cm³/mol. The minimum atomic E-state index is 0.0524. The molecule has 3 heteroatoms. The molecule has 5 aromatic rings. The molecule has 2 aliphatic rings. The van der Waals surface area contributed by atoms with Gasteiger partial charge in [0.05, 0.1) is 5.70 Å². The second kappa shape index (κ2) is 13.3. The molecule has 216 valence electrons. The highest BCUT2D eigenvalue weighted by atomic mass is 15.2. The highest BCUT2D eigenvalue weighted by molar-refractivity contribution is 6.09. The van der Waals surface area contributed by atoms with Crippen LogP contribution in [0.4, 0.5) is 0 Å². The first-order valence-corrected chi connectivity index (χ1v) is 15.0. The summed E-state index contributed by atoms with van der Waals surface area (Å²) in [6.07, 6.45) is 17.7. The Balaban J connectivity index is 0.000000433. The van der Waals surface area contributed by atoms with Crippen molar-refractivity contribution in [3.63, 3.8) is 0 Å². The monoisotopic (exact) mass is 571 g/mol. The standard InChI is InChI=1S/C34H29N3.C7H8/c35-33(23-10-2-1-3-11-23)24-18-20-25(21-19-24)34(37-36)31-17-9-8-16-30(31)32-22-26-12-4-5-13-27(26)28-14-6-7-15-29(28)32;1-7-5-3-2-4-6-7/h1-10,12-22,30,37H,11,35-36H2;2-6H,1H3/b33-23-,34-31-;. The molecule has 0 radical (unpaired) electrons. The highest BCUT2D eigenvalue weighted by Crippen LogP contribution is 2.40. The van der Waals surface area contributed by atoms with E-state index in [-0.39, 0.29) is 5.92 Å². The molecule has 5 aromatic carbocycles. The largest absolute Gasteiger partial charge is 0.398 e. The van der Waals surface area contributed by atoms with E-state index in [0.717, 1.165) is 40.1 Å². The van der Waals surface area contributed by atoms with E-state index >= 15 is 0 Å². The number of benzene rings is 5. The van der Waals surface area contributed by atoms with E-state index in [0.29, 0.717) is 0 Å². The molecule has 2 aliphatic carbocycles. The van der Waals surface area contributed by atoms with Crippen LogP contribution >= 0.6 is 0 Å². The number of nitrogens with two attached hydrogens (primary N) is 2. The molecule has 1 unspecified atom stereocenters. The van der Waals surface area contributed by atoms with Crippen LogP contribution in [-0.2, 0) is 0 Å². The molecule has 0 aliphatic heterocycles. The maximum absolute atomic E-state index is 6.49. The summed E-state index contributed by atoms with van der Waals surface area (Å²) >= 11 is 0. The van der Waals surface area contributed by atoms with E-state index in [2.05, 4.69) is 140 Å². The lowest BCUT2D eigenvalue weighted by Crippen LogP contribution is -2.23. The second-order valence-electron chi connectivity index (χ2n) is 11.1. The zero-order valence-electron chi connectivity index (χ0n) is 25.0. The quantitative estimate of drug-likeness (QED) is 0.114. The zero-order valence-corrected chi connectivity index (χ0v) is 25.0. The number of nitrogens with one attached hydrogen (secondary N) is 1. The van der Waals surface area contributed by atoms with Gasteiger partial charge in [0.15, 0.2) is 0 Å². The molecule has 44 heavy (non-hydrogen) atoms. The fraction of sp³-hybridized carbons (Fsp3) is 0.0732. The molecule has 3 nitrogen and oxygen atoms in total. The Kier molecular flexibility index (Phi) is 8.67. The highest BCUT2D eigenvalue weighted by Gasteiger charge is 2.22. The third kappa shape index (κ3) is 6.05. The van der Waals surface area contributed by atoms with Crippen molar-refractivity contribution < 1.29 is 0 Å². The first-order valence-electron chi connectivity index (χ1n) is 15.0. The van der Waals surface area contributed by atoms with Crippen LogP contribution in [0.2, 0.25) is 0 Å². The summed E-state index contributed by atoms with van der Waals surface area (Å²) in [6.45, 7) is 2.08. The number of allylic oxidation sites excluding steroid dienone is 10. The topological polar surface area (TPSA) is 64.1 Å². The summed E-state index contributed by atoms with van der Waals surface area (Å²) in [4.78, 5) is 0. The van der Waals surface area contributed by atoms with E-state index in [1.807, 2.05) is 30.4 Å². The second-order valence-corrected chi connectivity index (χ2v) is 11.1. The summed E-state index contributed by atoms with van der Waals surface area (Å²) in [6, 6.07) is 38.2. The third-order valence-corrected chi connectivity index (χ3v) is 8.25. The van der Waals surface area contributed by atoms with Crippen LogP contribution in [0, 0.1) is 6.92 Å². The number of aryl methyl sites for hydroxylation is 1. The zero-order chi connectivity index (χ0) is 30.3. The van der Waals surface area contributed by atoms with Gasteiger partial charge in [-0.05, 0) is 68.8 Å². The van der Waals surface area contributed by atoms with Crippen molar-refractivity contribution in [2.24, 2.45) is 11.6 Å². The van der Waals surface area contributed by atoms with Gasteiger partial charge in [-0.1, -0.05) is 157 Å². The normalized spacial score (nSPS) is 17.7. The summed E-state index contributed by atoms with van der Waals surface area (Å²) in [5.41, 5.74) is 18.1. The molecule has 5 N–H and O–H groups in total.